The lowest BCUT2D eigenvalue weighted by Crippen LogP contribution is -2.11. The number of carbonyl (C=O) groups excluding carboxylic acids is 1. The highest BCUT2D eigenvalue weighted by Crippen LogP contribution is 2.37. The van der Waals surface area contributed by atoms with Crippen molar-refractivity contribution in [1.29, 1.82) is 5.26 Å². The number of esters is 1. The van der Waals surface area contributed by atoms with E-state index in [-0.39, 0.29) is 18.1 Å². The summed E-state index contributed by atoms with van der Waals surface area (Å²) < 4.78 is 17.0. The number of benzene rings is 2. The van der Waals surface area contributed by atoms with E-state index < -0.39 is 0 Å². The van der Waals surface area contributed by atoms with E-state index in [2.05, 4.69) is 15.9 Å². The normalized spacial score (nSPS) is 10.1. The third-order valence-corrected chi connectivity index (χ3v) is 4.03. The molecule has 0 unspecified atom stereocenters. The molecule has 0 radical (unpaired) electrons. The van der Waals surface area contributed by atoms with E-state index in [0.717, 1.165) is 11.3 Å². The summed E-state index contributed by atoms with van der Waals surface area (Å²) in [7, 11) is 0. The molecule has 5 nitrogen and oxygen atoms in total. The molecule has 2 rings (SSSR count). The predicted molar refractivity (Wildman–Crippen MR) is 102 cm³/mol. The maximum atomic E-state index is 12.1. The number of nitriles is 1. The summed E-state index contributed by atoms with van der Waals surface area (Å²) in [6.45, 7) is 4.64. The molecule has 0 fully saturated rings. The molecule has 0 heterocycles. The Morgan fingerprint density at radius 2 is 2.04 bits per heavy atom. The lowest BCUT2D eigenvalue weighted by atomic mass is 10.2. The molecule has 0 saturated heterocycles. The van der Waals surface area contributed by atoms with Gasteiger partial charge in [-0.2, -0.15) is 5.26 Å². The van der Waals surface area contributed by atoms with Gasteiger partial charge in [0.05, 0.1) is 29.3 Å². The Morgan fingerprint density at radius 1 is 1.23 bits per heavy atom. The SMILES string of the molecule is CCOc1cc(C#N)cc(Br)c1OC(=O)CCCOc1cccc(C)c1. The first kappa shape index (κ1) is 19.8. The molecule has 0 atom stereocenters. The number of hydrogen-bond donors (Lipinski definition) is 0. The van der Waals surface area contributed by atoms with Crippen LogP contribution in [0.1, 0.15) is 30.9 Å². The van der Waals surface area contributed by atoms with Gasteiger partial charge in [-0.3, -0.25) is 4.79 Å². The minimum Gasteiger partial charge on any atom is -0.494 e. The van der Waals surface area contributed by atoms with Gasteiger partial charge in [0, 0.05) is 12.5 Å². The Labute approximate surface area is 161 Å². The fourth-order valence-electron chi connectivity index (χ4n) is 2.27. The van der Waals surface area contributed by atoms with Crippen molar-refractivity contribution in [2.24, 2.45) is 0 Å². The Hall–Kier alpha value is -2.52. The summed E-state index contributed by atoms with van der Waals surface area (Å²) in [4.78, 5) is 12.1. The van der Waals surface area contributed by atoms with Crippen LogP contribution in [0.3, 0.4) is 0 Å². The molecule has 136 valence electrons. The van der Waals surface area contributed by atoms with E-state index in [4.69, 9.17) is 19.5 Å². The van der Waals surface area contributed by atoms with Gasteiger partial charge in [0.1, 0.15) is 5.75 Å². The quantitative estimate of drug-likeness (QED) is 0.350. The van der Waals surface area contributed by atoms with Crippen molar-refractivity contribution in [3.63, 3.8) is 0 Å². The molecule has 0 saturated carbocycles. The molecule has 0 amide bonds. The molecule has 2 aromatic rings. The zero-order chi connectivity index (χ0) is 18.9. The molecule has 0 N–H and O–H groups in total. The second-order valence-electron chi connectivity index (χ2n) is 5.57. The number of hydrogen-bond acceptors (Lipinski definition) is 5. The average molecular weight is 418 g/mol. The Kier molecular flexibility index (Phi) is 7.49. The minimum absolute atomic E-state index is 0.212. The molecule has 0 aliphatic rings. The zero-order valence-electron chi connectivity index (χ0n) is 14.8. The maximum Gasteiger partial charge on any atom is 0.311 e. The average Bonchev–Trinajstić information content (AvgIpc) is 2.61. The summed E-state index contributed by atoms with van der Waals surface area (Å²) in [5.74, 6) is 1.05. The van der Waals surface area contributed by atoms with Gasteiger partial charge < -0.3 is 14.2 Å². The minimum atomic E-state index is -0.385. The standard InChI is InChI=1S/C20H20BrNO4/c1-3-24-18-12-15(13-22)11-17(21)20(18)26-19(23)8-5-9-25-16-7-4-6-14(2)10-16/h4,6-7,10-12H,3,5,8-9H2,1-2H3. The fourth-order valence-corrected chi connectivity index (χ4v) is 2.79. The van der Waals surface area contributed by atoms with Crippen LogP contribution in [-0.2, 0) is 4.79 Å². The summed E-state index contributed by atoms with van der Waals surface area (Å²) in [5, 5.41) is 9.03. The van der Waals surface area contributed by atoms with Crippen LogP contribution in [0.25, 0.3) is 0 Å². The second kappa shape index (κ2) is 9.83. The molecule has 0 aromatic heterocycles. The van der Waals surface area contributed by atoms with E-state index in [9.17, 15) is 4.79 Å². The van der Waals surface area contributed by atoms with E-state index in [0.29, 0.717) is 35.4 Å². The lowest BCUT2D eigenvalue weighted by molar-refractivity contribution is -0.134. The maximum absolute atomic E-state index is 12.1. The molecule has 0 aliphatic carbocycles. The van der Waals surface area contributed by atoms with E-state index in [1.807, 2.05) is 44.2 Å². The number of carbonyl (C=O) groups is 1. The third-order valence-electron chi connectivity index (χ3n) is 3.44. The van der Waals surface area contributed by atoms with Crippen LogP contribution < -0.4 is 14.2 Å². The van der Waals surface area contributed by atoms with E-state index >= 15 is 0 Å². The van der Waals surface area contributed by atoms with Gasteiger partial charge in [-0.05, 0) is 60.0 Å². The van der Waals surface area contributed by atoms with Crippen LogP contribution >= 0.6 is 15.9 Å². The zero-order valence-corrected chi connectivity index (χ0v) is 16.3. The Morgan fingerprint density at radius 3 is 2.73 bits per heavy atom. The van der Waals surface area contributed by atoms with Crippen LogP contribution in [0.15, 0.2) is 40.9 Å². The lowest BCUT2D eigenvalue weighted by Gasteiger charge is -2.13. The van der Waals surface area contributed by atoms with Crippen molar-refractivity contribution in [3.05, 3.63) is 52.0 Å². The Bertz CT molecular complexity index is 814. The summed E-state index contributed by atoms with van der Waals surface area (Å²) in [5.41, 5.74) is 1.54. The van der Waals surface area contributed by atoms with Gasteiger partial charge >= 0.3 is 5.97 Å². The van der Waals surface area contributed by atoms with E-state index in [1.54, 1.807) is 12.1 Å². The number of ether oxygens (including phenoxy) is 3. The molecular weight excluding hydrogens is 398 g/mol. The molecule has 26 heavy (non-hydrogen) atoms. The van der Waals surface area contributed by atoms with Gasteiger partial charge in [0.2, 0.25) is 0 Å². The van der Waals surface area contributed by atoms with Gasteiger partial charge in [-0.1, -0.05) is 12.1 Å². The van der Waals surface area contributed by atoms with Crippen LogP contribution in [0, 0.1) is 18.3 Å². The van der Waals surface area contributed by atoms with Gasteiger partial charge in [-0.25, -0.2) is 0 Å². The van der Waals surface area contributed by atoms with Crippen LogP contribution in [0.5, 0.6) is 17.2 Å². The fraction of sp³-hybridized carbons (Fsp3) is 0.300. The van der Waals surface area contributed by atoms with Crippen LogP contribution in [0.2, 0.25) is 0 Å². The van der Waals surface area contributed by atoms with Crippen molar-refractivity contribution in [2.75, 3.05) is 13.2 Å². The number of rotatable bonds is 8. The molecule has 0 spiro atoms. The van der Waals surface area contributed by atoms with Gasteiger partial charge in [0.25, 0.3) is 0 Å². The van der Waals surface area contributed by atoms with Crippen molar-refractivity contribution in [1.82, 2.24) is 0 Å². The van der Waals surface area contributed by atoms with Crippen molar-refractivity contribution in [3.8, 4) is 23.3 Å². The van der Waals surface area contributed by atoms with Crippen molar-refractivity contribution in [2.45, 2.75) is 26.7 Å². The first-order valence-electron chi connectivity index (χ1n) is 8.30. The summed E-state index contributed by atoms with van der Waals surface area (Å²) >= 11 is 3.32. The summed E-state index contributed by atoms with van der Waals surface area (Å²) in [6.07, 6.45) is 0.745. The van der Waals surface area contributed by atoms with E-state index in [1.165, 1.54) is 0 Å². The second-order valence-corrected chi connectivity index (χ2v) is 6.43. The Balaban J connectivity index is 1.90. The van der Waals surface area contributed by atoms with Gasteiger partial charge in [-0.15, -0.1) is 0 Å². The smallest absolute Gasteiger partial charge is 0.311 e. The van der Waals surface area contributed by atoms with Crippen molar-refractivity contribution < 1.29 is 19.0 Å². The number of halogens is 1. The predicted octanol–water partition coefficient (Wildman–Crippen LogP) is 4.79. The van der Waals surface area contributed by atoms with Crippen LogP contribution in [0.4, 0.5) is 0 Å². The molecule has 0 bridgehead atoms. The third kappa shape index (κ3) is 5.78. The first-order valence-corrected chi connectivity index (χ1v) is 9.09. The monoisotopic (exact) mass is 417 g/mol. The highest BCUT2D eigenvalue weighted by atomic mass is 79.9. The summed E-state index contributed by atoms with van der Waals surface area (Å²) in [6, 6.07) is 12.9. The molecular formula is C20H20BrNO4. The van der Waals surface area contributed by atoms with Gasteiger partial charge in [0.15, 0.2) is 11.5 Å². The molecule has 0 aliphatic heterocycles. The molecule has 2 aromatic carbocycles. The van der Waals surface area contributed by atoms with Crippen LogP contribution in [-0.4, -0.2) is 19.2 Å². The first-order chi connectivity index (χ1) is 12.5. The highest BCUT2D eigenvalue weighted by molar-refractivity contribution is 9.10. The molecule has 6 heteroatoms. The highest BCUT2D eigenvalue weighted by Gasteiger charge is 2.16. The number of aryl methyl sites for hydroxylation is 1. The largest absolute Gasteiger partial charge is 0.494 e. The topological polar surface area (TPSA) is 68.5 Å². The van der Waals surface area contributed by atoms with Crippen molar-refractivity contribution >= 4 is 21.9 Å². The number of nitrogens with zero attached hydrogens (tertiary/aromatic N) is 1.